The van der Waals surface area contributed by atoms with Gasteiger partial charge in [0.05, 0.1) is 6.61 Å². The number of hydrogen-bond acceptors (Lipinski definition) is 4. The van der Waals surface area contributed by atoms with Crippen molar-refractivity contribution < 1.29 is 19.0 Å². The van der Waals surface area contributed by atoms with Crippen molar-refractivity contribution >= 4 is 5.97 Å². The first-order valence-electron chi connectivity index (χ1n) is 8.41. The molecular formula is C17H34O4. The highest BCUT2D eigenvalue weighted by Crippen LogP contribution is 2.10. The van der Waals surface area contributed by atoms with E-state index in [0.717, 1.165) is 12.8 Å². The van der Waals surface area contributed by atoms with E-state index in [-0.39, 0.29) is 18.7 Å². The van der Waals surface area contributed by atoms with Crippen LogP contribution in [0.5, 0.6) is 0 Å². The van der Waals surface area contributed by atoms with E-state index < -0.39 is 0 Å². The Kier molecular flexibility index (Phi) is 15.3. The largest absolute Gasteiger partial charge is 0.463 e. The van der Waals surface area contributed by atoms with Gasteiger partial charge in [0.15, 0.2) is 0 Å². The van der Waals surface area contributed by atoms with Crippen LogP contribution >= 0.6 is 0 Å². The predicted octanol–water partition coefficient (Wildman–Crippen LogP) is 4.11. The van der Waals surface area contributed by atoms with E-state index in [1.54, 1.807) is 14.2 Å². The highest BCUT2D eigenvalue weighted by Gasteiger charge is 2.10. The Hall–Kier alpha value is -0.610. The van der Waals surface area contributed by atoms with Crippen LogP contribution in [0.15, 0.2) is 0 Å². The predicted molar refractivity (Wildman–Crippen MR) is 85.5 cm³/mol. The third-order valence-electron chi connectivity index (χ3n) is 3.60. The molecule has 0 saturated carbocycles. The second kappa shape index (κ2) is 15.8. The third kappa shape index (κ3) is 14.1. The molecule has 0 aromatic carbocycles. The van der Waals surface area contributed by atoms with Crippen molar-refractivity contribution in [3.8, 4) is 0 Å². The van der Waals surface area contributed by atoms with Gasteiger partial charge in [-0.15, -0.1) is 0 Å². The fourth-order valence-electron chi connectivity index (χ4n) is 2.21. The molecule has 0 amide bonds. The normalized spacial score (nSPS) is 12.3. The molecule has 21 heavy (non-hydrogen) atoms. The molecule has 126 valence electrons. The van der Waals surface area contributed by atoms with Gasteiger partial charge in [0, 0.05) is 20.6 Å². The van der Waals surface area contributed by atoms with Crippen molar-refractivity contribution in [2.75, 3.05) is 27.4 Å². The number of unbranched alkanes of at least 4 members (excludes halogenated alkanes) is 8. The monoisotopic (exact) mass is 302 g/mol. The second-order valence-corrected chi connectivity index (χ2v) is 5.57. The van der Waals surface area contributed by atoms with Gasteiger partial charge in [0.25, 0.3) is 0 Å². The van der Waals surface area contributed by atoms with Crippen LogP contribution in [0.25, 0.3) is 0 Å². The second-order valence-electron chi connectivity index (χ2n) is 5.57. The minimum atomic E-state index is -0.165. The first kappa shape index (κ1) is 20.4. The van der Waals surface area contributed by atoms with Crippen LogP contribution in [0.4, 0.5) is 0 Å². The van der Waals surface area contributed by atoms with Crippen LogP contribution < -0.4 is 0 Å². The third-order valence-corrected chi connectivity index (χ3v) is 3.60. The topological polar surface area (TPSA) is 44.8 Å². The Bertz CT molecular complexity index is 231. The van der Waals surface area contributed by atoms with Crippen LogP contribution in [0.3, 0.4) is 0 Å². The van der Waals surface area contributed by atoms with Gasteiger partial charge in [-0.2, -0.15) is 0 Å². The fraction of sp³-hybridized carbons (Fsp3) is 0.941. The molecule has 0 aliphatic rings. The lowest BCUT2D eigenvalue weighted by Crippen LogP contribution is -2.25. The summed E-state index contributed by atoms with van der Waals surface area (Å²) < 4.78 is 15.3. The van der Waals surface area contributed by atoms with Crippen LogP contribution in [0.2, 0.25) is 0 Å². The maximum Gasteiger partial charge on any atom is 0.305 e. The van der Waals surface area contributed by atoms with Crippen LogP contribution in [-0.2, 0) is 19.0 Å². The highest BCUT2D eigenvalue weighted by atomic mass is 16.6. The van der Waals surface area contributed by atoms with Gasteiger partial charge >= 0.3 is 5.97 Å². The smallest absolute Gasteiger partial charge is 0.305 e. The maximum absolute atomic E-state index is 11.6. The zero-order chi connectivity index (χ0) is 15.8. The number of carbonyl (C=O) groups excluding carboxylic acids is 1. The molecule has 0 aromatic heterocycles. The fourth-order valence-corrected chi connectivity index (χ4v) is 2.21. The molecule has 0 aliphatic heterocycles. The first-order valence-corrected chi connectivity index (χ1v) is 8.41. The van der Waals surface area contributed by atoms with E-state index >= 15 is 0 Å². The van der Waals surface area contributed by atoms with Gasteiger partial charge in [0.1, 0.15) is 12.7 Å². The van der Waals surface area contributed by atoms with Crippen molar-refractivity contribution in [2.24, 2.45) is 0 Å². The van der Waals surface area contributed by atoms with Gasteiger partial charge in [-0.1, -0.05) is 58.3 Å². The molecule has 0 radical (unpaired) electrons. The number of rotatable bonds is 15. The van der Waals surface area contributed by atoms with Crippen molar-refractivity contribution in [2.45, 2.75) is 77.2 Å². The molecule has 0 aromatic rings. The van der Waals surface area contributed by atoms with Crippen LogP contribution in [-0.4, -0.2) is 39.5 Å². The number of esters is 1. The molecule has 4 nitrogen and oxygen atoms in total. The number of carbonyl (C=O) groups is 1. The van der Waals surface area contributed by atoms with Gasteiger partial charge in [-0.05, 0) is 6.42 Å². The Morgan fingerprint density at radius 2 is 1.43 bits per heavy atom. The lowest BCUT2D eigenvalue weighted by Gasteiger charge is -2.14. The number of ether oxygens (including phenoxy) is 3. The molecule has 1 atom stereocenters. The summed E-state index contributed by atoms with van der Waals surface area (Å²) >= 11 is 0. The first-order chi connectivity index (χ1) is 10.2. The molecular weight excluding hydrogens is 268 g/mol. The molecule has 4 heteroatoms. The number of hydrogen-bond donors (Lipinski definition) is 0. The molecule has 0 aliphatic carbocycles. The molecule has 0 fully saturated rings. The summed E-state index contributed by atoms with van der Waals surface area (Å²) in [5.74, 6) is -0.129. The zero-order valence-corrected chi connectivity index (χ0v) is 14.2. The van der Waals surface area contributed by atoms with E-state index in [9.17, 15) is 4.79 Å². The van der Waals surface area contributed by atoms with Crippen molar-refractivity contribution in [1.29, 1.82) is 0 Å². The maximum atomic E-state index is 11.6. The summed E-state index contributed by atoms with van der Waals surface area (Å²) in [7, 11) is 3.20. The molecule has 0 N–H and O–H groups in total. The van der Waals surface area contributed by atoms with E-state index in [2.05, 4.69) is 6.92 Å². The molecule has 0 rings (SSSR count). The molecule has 0 bridgehead atoms. The van der Waals surface area contributed by atoms with E-state index in [0.29, 0.717) is 13.0 Å². The highest BCUT2D eigenvalue weighted by molar-refractivity contribution is 5.69. The minimum absolute atomic E-state index is 0.129. The standard InChI is InChI=1S/C17H34O4/c1-4-5-6-7-8-9-10-11-12-13-17(18)21-15-16(20-3)14-19-2/h16H,4-15H2,1-3H3. The van der Waals surface area contributed by atoms with Gasteiger partial charge < -0.3 is 14.2 Å². The summed E-state index contributed by atoms with van der Waals surface area (Å²) in [6.45, 7) is 2.96. The average molecular weight is 302 g/mol. The summed E-state index contributed by atoms with van der Waals surface area (Å²) in [6, 6.07) is 0. The zero-order valence-electron chi connectivity index (χ0n) is 14.2. The SMILES string of the molecule is CCCCCCCCCCCC(=O)OCC(COC)OC. The summed E-state index contributed by atoms with van der Waals surface area (Å²) in [4.78, 5) is 11.6. The van der Waals surface area contributed by atoms with E-state index in [1.165, 1.54) is 44.9 Å². The molecule has 0 saturated heterocycles. The van der Waals surface area contributed by atoms with Crippen molar-refractivity contribution in [3.05, 3.63) is 0 Å². The van der Waals surface area contributed by atoms with Crippen molar-refractivity contribution in [3.63, 3.8) is 0 Å². The summed E-state index contributed by atoms with van der Waals surface area (Å²) in [5.41, 5.74) is 0. The summed E-state index contributed by atoms with van der Waals surface area (Å²) in [6.07, 6.45) is 11.6. The van der Waals surface area contributed by atoms with Crippen LogP contribution in [0.1, 0.15) is 71.1 Å². The minimum Gasteiger partial charge on any atom is -0.463 e. The average Bonchev–Trinajstić information content (AvgIpc) is 2.49. The van der Waals surface area contributed by atoms with Crippen LogP contribution in [0, 0.1) is 0 Å². The number of methoxy groups -OCH3 is 2. The van der Waals surface area contributed by atoms with Gasteiger partial charge in [-0.25, -0.2) is 0 Å². The van der Waals surface area contributed by atoms with Gasteiger partial charge in [0.2, 0.25) is 0 Å². The molecule has 1 unspecified atom stereocenters. The van der Waals surface area contributed by atoms with Gasteiger partial charge in [-0.3, -0.25) is 4.79 Å². The molecule has 0 heterocycles. The Morgan fingerprint density at radius 1 is 0.857 bits per heavy atom. The molecule has 0 spiro atoms. The quantitative estimate of drug-likeness (QED) is 0.337. The van der Waals surface area contributed by atoms with Crippen molar-refractivity contribution in [1.82, 2.24) is 0 Å². The Morgan fingerprint density at radius 3 is 1.95 bits per heavy atom. The summed E-state index contributed by atoms with van der Waals surface area (Å²) in [5, 5.41) is 0. The Labute approximate surface area is 130 Å². The van der Waals surface area contributed by atoms with E-state index in [1.807, 2.05) is 0 Å². The lowest BCUT2D eigenvalue weighted by molar-refractivity contribution is -0.148. The Balaban J connectivity index is 3.33. The lowest BCUT2D eigenvalue weighted by atomic mass is 10.1. The van der Waals surface area contributed by atoms with E-state index in [4.69, 9.17) is 14.2 Å².